The minimum absolute atomic E-state index is 0.0234. The van der Waals surface area contributed by atoms with Gasteiger partial charge in [0.25, 0.3) is 11.8 Å². The highest BCUT2D eigenvalue weighted by Gasteiger charge is 2.30. The Bertz CT molecular complexity index is 1590. The number of aromatic nitrogens is 1. The van der Waals surface area contributed by atoms with Gasteiger partial charge in [-0.05, 0) is 56.4 Å². The number of aliphatic hydroxyl groups is 1. The Balaban J connectivity index is 1.79. The van der Waals surface area contributed by atoms with Crippen LogP contribution in [-0.4, -0.2) is 71.1 Å². The molecule has 2 aromatic carbocycles. The first-order chi connectivity index (χ1) is 21.4. The first kappa shape index (κ1) is 34.2. The van der Waals surface area contributed by atoms with Gasteiger partial charge in [-0.3, -0.25) is 19.2 Å². The molecule has 45 heavy (non-hydrogen) atoms. The maximum absolute atomic E-state index is 13.4. The minimum Gasteiger partial charge on any atom is -0.391 e. The first-order valence-corrected chi connectivity index (χ1v) is 14.4. The molecule has 0 bridgehead atoms. The van der Waals surface area contributed by atoms with Gasteiger partial charge in [0.05, 0.1) is 6.10 Å². The van der Waals surface area contributed by atoms with Crippen LogP contribution in [0.3, 0.4) is 0 Å². The molecule has 1 aromatic heterocycles. The van der Waals surface area contributed by atoms with E-state index in [2.05, 4.69) is 21.1 Å². The second kappa shape index (κ2) is 16.0. The predicted molar refractivity (Wildman–Crippen MR) is 166 cm³/mol. The zero-order valence-electron chi connectivity index (χ0n) is 26.0. The fourth-order valence-electron chi connectivity index (χ4n) is 4.34. The highest BCUT2D eigenvalue weighted by atomic mass is 16.5. The van der Waals surface area contributed by atoms with Crippen LogP contribution in [-0.2, 0) is 27.3 Å². The molecule has 236 valence electrons. The van der Waals surface area contributed by atoms with Crippen molar-refractivity contribution in [3.05, 3.63) is 93.9 Å². The SMILES string of the molecule is Cc1ccc(CNC(=O)C(CCc2cccc(C=C(C#N)C(=O)N(C)C)c2)NC(=O)C(NC(=O)c2cc(C)on2)C(C)O)cc1. The summed E-state index contributed by atoms with van der Waals surface area (Å²) in [6, 6.07) is 15.7. The second-order valence-corrected chi connectivity index (χ2v) is 10.9. The average Bonchev–Trinajstić information content (AvgIpc) is 3.45. The van der Waals surface area contributed by atoms with Crippen molar-refractivity contribution in [3.63, 3.8) is 0 Å². The van der Waals surface area contributed by atoms with Crippen LogP contribution in [0.15, 0.2) is 64.7 Å². The number of carbonyl (C=O) groups excluding carboxylic acids is 4. The molecule has 3 rings (SSSR count). The molecule has 1 heterocycles. The van der Waals surface area contributed by atoms with E-state index in [0.29, 0.717) is 17.7 Å². The lowest BCUT2D eigenvalue weighted by Crippen LogP contribution is -2.57. The van der Waals surface area contributed by atoms with Crippen LogP contribution in [0.25, 0.3) is 6.08 Å². The van der Waals surface area contributed by atoms with Crippen molar-refractivity contribution in [2.45, 2.75) is 58.3 Å². The predicted octanol–water partition coefficient (Wildman–Crippen LogP) is 2.20. The van der Waals surface area contributed by atoms with Crippen LogP contribution in [0.2, 0.25) is 0 Å². The number of aryl methyl sites for hydroxylation is 3. The van der Waals surface area contributed by atoms with Gasteiger partial charge in [-0.15, -0.1) is 0 Å². The Morgan fingerprint density at radius 3 is 2.33 bits per heavy atom. The van der Waals surface area contributed by atoms with E-state index in [9.17, 15) is 29.5 Å². The summed E-state index contributed by atoms with van der Waals surface area (Å²) in [5.74, 6) is -1.95. The first-order valence-electron chi connectivity index (χ1n) is 14.4. The van der Waals surface area contributed by atoms with Crippen molar-refractivity contribution in [2.24, 2.45) is 0 Å². The molecule has 0 saturated carbocycles. The van der Waals surface area contributed by atoms with Crippen molar-refractivity contribution >= 4 is 29.7 Å². The molecule has 0 aliphatic carbocycles. The lowest BCUT2D eigenvalue weighted by molar-refractivity contribution is -0.131. The van der Waals surface area contributed by atoms with Gasteiger partial charge >= 0.3 is 0 Å². The van der Waals surface area contributed by atoms with E-state index < -0.39 is 41.8 Å². The summed E-state index contributed by atoms with van der Waals surface area (Å²) in [6.07, 6.45) is 0.716. The van der Waals surface area contributed by atoms with Gasteiger partial charge in [0.2, 0.25) is 11.8 Å². The monoisotopic (exact) mass is 614 g/mol. The number of rotatable bonds is 13. The standard InChI is InChI=1S/C33H38N6O6/c1-20-9-11-24(12-10-20)19-35-30(41)27(36-32(43)29(22(3)40)37-31(42)28-15-21(2)45-38-28)14-13-23-7-6-8-25(16-23)17-26(18-34)33(44)39(4)5/h6-12,15-17,22,27,29,40H,13-14,19H2,1-5H3,(H,35,41)(H,36,43)(H,37,42). The molecular formula is C33H38N6O6. The maximum atomic E-state index is 13.4. The lowest BCUT2D eigenvalue weighted by atomic mass is 10.0. The fourth-order valence-corrected chi connectivity index (χ4v) is 4.34. The second-order valence-electron chi connectivity index (χ2n) is 10.9. The number of hydrogen-bond acceptors (Lipinski definition) is 8. The Hall–Kier alpha value is -5.28. The minimum atomic E-state index is -1.38. The van der Waals surface area contributed by atoms with Gasteiger partial charge in [-0.25, -0.2) is 0 Å². The average molecular weight is 615 g/mol. The molecule has 3 atom stereocenters. The van der Waals surface area contributed by atoms with Crippen molar-refractivity contribution in [3.8, 4) is 6.07 Å². The number of nitrogens with one attached hydrogen (secondary N) is 3. The zero-order valence-corrected chi connectivity index (χ0v) is 26.0. The zero-order chi connectivity index (χ0) is 33.1. The number of carbonyl (C=O) groups is 4. The molecule has 12 heteroatoms. The Morgan fingerprint density at radius 2 is 1.73 bits per heavy atom. The molecule has 3 aromatic rings. The van der Waals surface area contributed by atoms with Gasteiger partial charge in [0.1, 0.15) is 29.5 Å². The summed E-state index contributed by atoms with van der Waals surface area (Å²) in [6.45, 7) is 5.15. The number of hydrogen-bond donors (Lipinski definition) is 4. The van der Waals surface area contributed by atoms with Crippen LogP contribution in [0, 0.1) is 25.2 Å². The molecule has 3 unspecified atom stereocenters. The summed E-state index contributed by atoms with van der Waals surface area (Å²) in [4.78, 5) is 53.0. The normalized spacial score (nSPS) is 13.1. The molecule has 0 radical (unpaired) electrons. The van der Waals surface area contributed by atoms with Crippen molar-refractivity contribution in [1.82, 2.24) is 26.0 Å². The largest absolute Gasteiger partial charge is 0.391 e. The molecule has 0 aliphatic heterocycles. The van der Waals surface area contributed by atoms with E-state index >= 15 is 0 Å². The quantitative estimate of drug-likeness (QED) is 0.167. The van der Waals surface area contributed by atoms with Gasteiger partial charge in [0, 0.05) is 26.7 Å². The molecule has 12 nitrogen and oxygen atoms in total. The number of nitrogens with zero attached hydrogens (tertiary/aromatic N) is 3. The van der Waals surface area contributed by atoms with Crippen LogP contribution >= 0.6 is 0 Å². The van der Waals surface area contributed by atoms with Crippen LogP contribution in [0.4, 0.5) is 0 Å². The molecule has 0 fully saturated rings. The summed E-state index contributed by atoms with van der Waals surface area (Å²) < 4.78 is 4.92. The number of aliphatic hydroxyl groups excluding tert-OH is 1. The summed E-state index contributed by atoms with van der Waals surface area (Å²) >= 11 is 0. The summed E-state index contributed by atoms with van der Waals surface area (Å²) in [5.41, 5.74) is 3.29. The lowest BCUT2D eigenvalue weighted by Gasteiger charge is -2.24. The van der Waals surface area contributed by atoms with Crippen LogP contribution in [0.5, 0.6) is 0 Å². The van der Waals surface area contributed by atoms with E-state index in [-0.39, 0.29) is 24.2 Å². The molecule has 0 saturated heterocycles. The van der Waals surface area contributed by atoms with Gasteiger partial charge in [-0.1, -0.05) is 59.3 Å². The highest BCUT2D eigenvalue weighted by molar-refractivity contribution is 6.01. The number of benzene rings is 2. The van der Waals surface area contributed by atoms with E-state index in [4.69, 9.17) is 4.52 Å². The van der Waals surface area contributed by atoms with E-state index in [0.717, 1.165) is 16.7 Å². The maximum Gasteiger partial charge on any atom is 0.274 e. The third-order valence-corrected chi connectivity index (χ3v) is 6.87. The highest BCUT2D eigenvalue weighted by Crippen LogP contribution is 2.14. The van der Waals surface area contributed by atoms with Crippen LogP contribution < -0.4 is 16.0 Å². The summed E-state index contributed by atoms with van der Waals surface area (Å²) in [7, 11) is 3.12. The Morgan fingerprint density at radius 1 is 1.02 bits per heavy atom. The third-order valence-electron chi connectivity index (χ3n) is 6.87. The van der Waals surface area contributed by atoms with Crippen molar-refractivity contribution in [2.75, 3.05) is 14.1 Å². The molecule has 0 spiro atoms. The summed E-state index contributed by atoms with van der Waals surface area (Å²) in [5, 5.41) is 31.4. The molecule has 4 N–H and O–H groups in total. The number of nitriles is 1. The fraction of sp³-hybridized carbons (Fsp3) is 0.333. The van der Waals surface area contributed by atoms with Gasteiger partial charge in [-0.2, -0.15) is 5.26 Å². The van der Waals surface area contributed by atoms with E-state index in [1.165, 1.54) is 24.0 Å². The number of amides is 4. The van der Waals surface area contributed by atoms with Gasteiger partial charge < -0.3 is 30.5 Å². The van der Waals surface area contributed by atoms with E-state index in [1.54, 1.807) is 39.2 Å². The van der Waals surface area contributed by atoms with Crippen molar-refractivity contribution < 1.29 is 28.8 Å². The van der Waals surface area contributed by atoms with Crippen molar-refractivity contribution in [1.29, 1.82) is 5.26 Å². The molecular weight excluding hydrogens is 576 g/mol. The number of likely N-dealkylation sites (N-methyl/N-ethyl adjacent to an activating group) is 1. The Kier molecular flexibility index (Phi) is 12.1. The van der Waals surface area contributed by atoms with Crippen LogP contribution in [0.1, 0.15) is 51.8 Å². The third kappa shape index (κ3) is 10.1. The van der Waals surface area contributed by atoms with Gasteiger partial charge in [0.15, 0.2) is 5.69 Å². The van der Waals surface area contributed by atoms with E-state index in [1.807, 2.05) is 43.3 Å². The molecule has 0 aliphatic rings. The smallest absolute Gasteiger partial charge is 0.274 e. The molecule has 4 amide bonds. The Labute approximate surface area is 262 Å². The topological polar surface area (TPSA) is 178 Å².